The van der Waals surface area contributed by atoms with Crippen molar-refractivity contribution < 1.29 is 9.21 Å². The van der Waals surface area contributed by atoms with Gasteiger partial charge in [-0.15, -0.1) is 0 Å². The van der Waals surface area contributed by atoms with Crippen LogP contribution in [0.1, 0.15) is 10.4 Å². The molecule has 2 heterocycles. The zero-order chi connectivity index (χ0) is 13.1. The highest BCUT2D eigenvalue weighted by Crippen LogP contribution is 2.13. The van der Waals surface area contributed by atoms with Gasteiger partial charge < -0.3 is 9.73 Å². The summed E-state index contributed by atoms with van der Waals surface area (Å²) in [5, 5.41) is 6.92. The molecular weight excluding hydrogens is 242 g/mol. The number of furan rings is 1. The van der Waals surface area contributed by atoms with Gasteiger partial charge in [0.25, 0.3) is 5.91 Å². The van der Waals surface area contributed by atoms with Crippen molar-refractivity contribution in [3.8, 4) is 5.69 Å². The predicted molar refractivity (Wildman–Crippen MR) is 70.2 cm³/mol. The minimum absolute atomic E-state index is 0.194. The van der Waals surface area contributed by atoms with Gasteiger partial charge in [-0.25, -0.2) is 4.68 Å². The zero-order valence-electron chi connectivity index (χ0n) is 9.98. The van der Waals surface area contributed by atoms with E-state index in [9.17, 15) is 4.79 Å². The molecule has 0 aliphatic carbocycles. The third-order valence-corrected chi connectivity index (χ3v) is 2.68. The maximum Gasteiger partial charge on any atom is 0.258 e. The fourth-order valence-corrected chi connectivity index (χ4v) is 1.72. The Morgan fingerprint density at radius 2 is 2.05 bits per heavy atom. The van der Waals surface area contributed by atoms with Crippen LogP contribution in [0.4, 0.5) is 5.69 Å². The van der Waals surface area contributed by atoms with Crippen LogP contribution in [-0.2, 0) is 0 Å². The normalized spacial score (nSPS) is 10.3. The second-order valence-corrected chi connectivity index (χ2v) is 3.96. The van der Waals surface area contributed by atoms with E-state index in [2.05, 4.69) is 10.4 Å². The first-order valence-corrected chi connectivity index (χ1v) is 5.76. The summed E-state index contributed by atoms with van der Waals surface area (Å²) < 4.78 is 6.62. The van der Waals surface area contributed by atoms with Crippen molar-refractivity contribution in [2.24, 2.45) is 0 Å². The molecular formula is C14H11N3O2. The Balaban J connectivity index is 1.75. The molecule has 2 aromatic heterocycles. The van der Waals surface area contributed by atoms with Crippen molar-refractivity contribution in [2.45, 2.75) is 0 Å². The standard InChI is InChI=1S/C14H11N3O2/c18-14(11-6-9-19-10-11)16-12-2-4-13(5-3-12)17-8-1-7-15-17/h1-10H,(H,16,18). The molecule has 0 aliphatic heterocycles. The minimum Gasteiger partial charge on any atom is -0.472 e. The molecule has 3 aromatic rings. The monoisotopic (exact) mass is 253 g/mol. The zero-order valence-corrected chi connectivity index (χ0v) is 9.98. The molecule has 0 unspecified atom stereocenters. The number of nitrogens with one attached hydrogen (secondary N) is 1. The molecule has 0 atom stereocenters. The van der Waals surface area contributed by atoms with E-state index in [4.69, 9.17) is 4.42 Å². The van der Waals surface area contributed by atoms with Crippen LogP contribution in [0.15, 0.2) is 65.7 Å². The summed E-state index contributed by atoms with van der Waals surface area (Å²) in [7, 11) is 0. The summed E-state index contributed by atoms with van der Waals surface area (Å²) in [6.45, 7) is 0. The van der Waals surface area contributed by atoms with E-state index in [1.165, 1.54) is 12.5 Å². The van der Waals surface area contributed by atoms with E-state index in [-0.39, 0.29) is 5.91 Å². The van der Waals surface area contributed by atoms with Crippen molar-refractivity contribution in [1.29, 1.82) is 0 Å². The molecule has 1 N–H and O–H groups in total. The Bertz CT molecular complexity index is 655. The summed E-state index contributed by atoms with van der Waals surface area (Å²) in [6, 6.07) is 10.9. The van der Waals surface area contributed by atoms with Crippen LogP contribution in [0.5, 0.6) is 0 Å². The molecule has 5 heteroatoms. The molecule has 0 aliphatic rings. The average Bonchev–Trinajstić information content (AvgIpc) is 3.13. The van der Waals surface area contributed by atoms with Gasteiger partial charge in [0.15, 0.2) is 0 Å². The van der Waals surface area contributed by atoms with E-state index < -0.39 is 0 Å². The van der Waals surface area contributed by atoms with Gasteiger partial charge >= 0.3 is 0 Å². The SMILES string of the molecule is O=C(Nc1ccc(-n2cccn2)cc1)c1ccoc1. The Hall–Kier alpha value is -2.82. The van der Waals surface area contributed by atoms with Gasteiger partial charge in [0, 0.05) is 18.1 Å². The number of rotatable bonds is 3. The van der Waals surface area contributed by atoms with Gasteiger partial charge in [0.05, 0.1) is 17.5 Å². The number of nitrogens with zero attached hydrogens (tertiary/aromatic N) is 2. The highest BCUT2D eigenvalue weighted by molar-refractivity contribution is 6.03. The lowest BCUT2D eigenvalue weighted by molar-refractivity contribution is 0.102. The third-order valence-electron chi connectivity index (χ3n) is 2.68. The summed E-state index contributed by atoms with van der Waals surface area (Å²) >= 11 is 0. The molecule has 0 bridgehead atoms. The number of hydrogen-bond donors (Lipinski definition) is 1. The number of carbonyl (C=O) groups excluding carboxylic acids is 1. The largest absolute Gasteiger partial charge is 0.472 e. The first-order valence-electron chi connectivity index (χ1n) is 5.76. The number of amides is 1. The molecule has 0 radical (unpaired) electrons. The van der Waals surface area contributed by atoms with Gasteiger partial charge in [-0.2, -0.15) is 5.10 Å². The van der Waals surface area contributed by atoms with Crippen molar-refractivity contribution in [1.82, 2.24) is 9.78 Å². The fourth-order valence-electron chi connectivity index (χ4n) is 1.72. The van der Waals surface area contributed by atoms with E-state index in [1.54, 1.807) is 16.9 Å². The maximum atomic E-state index is 11.8. The molecule has 19 heavy (non-hydrogen) atoms. The highest BCUT2D eigenvalue weighted by Gasteiger charge is 2.07. The quantitative estimate of drug-likeness (QED) is 0.780. The Morgan fingerprint density at radius 3 is 2.68 bits per heavy atom. The lowest BCUT2D eigenvalue weighted by Gasteiger charge is -2.05. The van der Waals surface area contributed by atoms with Gasteiger partial charge in [-0.1, -0.05) is 0 Å². The molecule has 0 saturated heterocycles. The molecule has 1 amide bonds. The number of anilines is 1. The lowest BCUT2D eigenvalue weighted by atomic mass is 10.2. The number of aromatic nitrogens is 2. The van der Waals surface area contributed by atoms with Crippen LogP contribution < -0.4 is 5.32 Å². The van der Waals surface area contributed by atoms with E-state index in [0.29, 0.717) is 5.56 Å². The van der Waals surface area contributed by atoms with E-state index in [1.807, 2.05) is 36.5 Å². The van der Waals surface area contributed by atoms with Gasteiger partial charge in [0.2, 0.25) is 0 Å². The van der Waals surface area contributed by atoms with Crippen LogP contribution in [-0.4, -0.2) is 15.7 Å². The molecule has 3 rings (SSSR count). The van der Waals surface area contributed by atoms with Crippen LogP contribution in [0.25, 0.3) is 5.69 Å². The Labute approximate surface area is 109 Å². The van der Waals surface area contributed by atoms with Crippen LogP contribution in [0, 0.1) is 0 Å². The Kier molecular flexibility index (Phi) is 2.86. The molecule has 94 valence electrons. The number of benzene rings is 1. The van der Waals surface area contributed by atoms with Crippen LogP contribution >= 0.6 is 0 Å². The number of carbonyl (C=O) groups is 1. The minimum atomic E-state index is -0.194. The number of hydrogen-bond acceptors (Lipinski definition) is 3. The molecule has 5 nitrogen and oxygen atoms in total. The van der Waals surface area contributed by atoms with Crippen LogP contribution in [0.2, 0.25) is 0 Å². The predicted octanol–water partition coefficient (Wildman–Crippen LogP) is 2.72. The first-order chi connectivity index (χ1) is 9.33. The highest BCUT2D eigenvalue weighted by atomic mass is 16.3. The fraction of sp³-hybridized carbons (Fsp3) is 0. The molecule has 0 fully saturated rings. The van der Waals surface area contributed by atoms with Gasteiger partial charge in [-0.05, 0) is 36.4 Å². The molecule has 0 spiro atoms. The van der Waals surface area contributed by atoms with Crippen molar-refractivity contribution in [2.75, 3.05) is 5.32 Å². The van der Waals surface area contributed by atoms with Crippen LogP contribution in [0.3, 0.4) is 0 Å². The lowest BCUT2D eigenvalue weighted by Crippen LogP contribution is -2.10. The topological polar surface area (TPSA) is 60.1 Å². The van der Waals surface area contributed by atoms with Gasteiger partial charge in [-0.3, -0.25) is 4.79 Å². The summed E-state index contributed by atoms with van der Waals surface area (Å²) in [5.41, 5.74) is 2.16. The average molecular weight is 253 g/mol. The summed E-state index contributed by atoms with van der Waals surface area (Å²) in [6.07, 6.45) is 6.46. The summed E-state index contributed by atoms with van der Waals surface area (Å²) in [5.74, 6) is -0.194. The van der Waals surface area contributed by atoms with Crippen molar-refractivity contribution >= 4 is 11.6 Å². The molecule has 0 saturated carbocycles. The summed E-state index contributed by atoms with van der Waals surface area (Å²) in [4.78, 5) is 11.8. The van der Waals surface area contributed by atoms with Crippen molar-refractivity contribution in [3.05, 3.63) is 66.9 Å². The second-order valence-electron chi connectivity index (χ2n) is 3.96. The smallest absolute Gasteiger partial charge is 0.258 e. The van der Waals surface area contributed by atoms with E-state index in [0.717, 1.165) is 11.4 Å². The third kappa shape index (κ3) is 2.40. The van der Waals surface area contributed by atoms with E-state index >= 15 is 0 Å². The molecule has 1 aromatic carbocycles. The van der Waals surface area contributed by atoms with Crippen molar-refractivity contribution in [3.63, 3.8) is 0 Å². The van der Waals surface area contributed by atoms with Gasteiger partial charge in [0.1, 0.15) is 6.26 Å². The second kappa shape index (κ2) is 4.81. The Morgan fingerprint density at radius 1 is 1.21 bits per heavy atom. The first kappa shape index (κ1) is 11.3. The maximum absolute atomic E-state index is 11.8.